The van der Waals surface area contributed by atoms with E-state index in [-0.39, 0.29) is 5.78 Å². The van der Waals surface area contributed by atoms with Crippen molar-refractivity contribution in [2.75, 3.05) is 13.7 Å². The number of rotatable bonds is 3. The van der Waals surface area contributed by atoms with Crippen molar-refractivity contribution in [2.24, 2.45) is 0 Å². The second-order valence-corrected chi connectivity index (χ2v) is 4.76. The number of carbonyl (C=O) groups is 1. The van der Waals surface area contributed by atoms with Crippen molar-refractivity contribution >= 4 is 17.4 Å². The molecule has 1 aliphatic heterocycles. The lowest BCUT2D eigenvalue weighted by Gasteiger charge is -2.22. The summed E-state index contributed by atoms with van der Waals surface area (Å²) in [4.78, 5) is 12.3. The summed E-state index contributed by atoms with van der Waals surface area (Å²) in [7, 11) is 1.56. The van der Waals surface area contributed by atoms with Crippen LogP contribution >= 0.6 is 11.6 Å². The van der Waals surface area contributed by atoms with E-state index in [1.807, 2.05) is 6.92 Å². The molecule has 17 heavy (non-hydrogen) atoms. The average molecular weight is 255 g/mol. The molecule has 4 heteroatoms. The molecule has 0 saturated carbocycles. The summed E-state index contributed by atoms with van der Waals surface area (Å²) in [6, 6.07) is 5.07. The molecule has 0 bridgehead atoms. The number of hydrogen-bond donors (Lipinski definition) is 0. The largest absolute Gasteiger partial charge is 0.497 e. The second kappa shape index (κ2) is 4.67. The van der Waals surface area contributed by atoms with Crippen LogP contribution in [-0.2, 0) is 4.74 Å². The van der Waals surface area contributed by atoms with Crippen molar-refractivity contribution in [3.63, 3.8) is 0 Å². The standard InChI is InChI=1S/C13H15ClO3/c1-13(6-3-7-17-13)12(15)10-5-4-9(16-2)8-11(10)14/h4-5,8H,3,6-7H2,1-2H3. The van der Waals surface area contributed by atoms with Crippen LogP contribution in [0.4, 0.5) is 0 Å². The number of ketones is 1. The minimum Gasteiger partial charge on any atom is -0.497 e. The van der Waals surface area contributed by atoms with Gasteiger partial charge in [0.25, 0.3) is 0 Å². The Morgan fingerprint density at radius 2 is 2.29 bits per heavy atom. The van der Waals surface area contributed by atoms with E-state index in [2.05, 4.69) is 0 Å². The Balaban J connectivity index is 2.31. The van der Waals surface area contributed by atoms with Crippen molar-refractivity contribution in [3.05, 3.63) is 28.8 Å². The topological polar surface area (TPSA) is 35.5 Å². The molecule has 1 aromatic carbocycles. The lowest BCUT2D eigenvalue weighted by Crippen LogP contribution is -2.34. The number of methoxy groups -OCH3 is 1. The Morgan fingerprint density at radius 3 is 2.82 bits per heavy atom. The third kappa shape index (κ3) is 2.31. The van der Waals surface area contributed by atoms with Crippen LogP contribution in [0.15, 0.2) is 18.2 Å². The number of ether oxygens (including phenoxy) is 2. The van der Waals surface area contributed by atoms with Crippen LogP contribution in [-0.4, -0.2) is 25.1 Å². The van der Waals surface area contributed by atoms with Gasteiger partial charge in [-0.15, -0.1) is 0 Å². The van der Waals surface area contributed by atoms with Crippen molar-refractivity contribution in [2.45, 2.75) is 25.4 Å². The van der Waals surface area contributed by atoms with Gasteiger partial charge in [-0.25, -0.2) is 0 Å². The van der Waals surface area contributed by atoms with E-state index >= 15 is 0 Å². The van der Waals surface area contributed by atoms with Gasteiger partial charge in [-0.1, -0.05) is 11.6 Å². The number of carbonyl (C=O) groups excluding carboxylic acids is 1. The minimum atomic E-state index is -0.724. The maximum Gasteiger partial charge on any atom is 0.195 e. The van der Waals surface area contributed by atoms with E-state index in [1.54, 1.807) is 25.3 Å². The van der Waals surface area contributed by atoms with Crippen LogP contribution in [0.5, 0.6) is 5.75 Å². The van der Waals surface area contributed by atoms with Crippen LogP contribution in [0.3, 0.4) is 0 Å². The highest BCUT2D eigenvalue weighted by Crippen LogP contribution is 2.32. The zero-order valence-electron chi connectivity index (χ0n) is 9.96. The van der Waals surface area contributed by atoms with E-state index < -0.39 is 5.60 Å². The van der Waals surface area contributed by atoms with Gasteiger partial charge >= 0.3 is 0 Å². The molecule has 3 nitrogen and oxygen atoms in total. The molecule has 1 atom stereocenters. The van der Waals surface area contributed by atoms with E-state index in [1.165, 1.54) is 0 Å². The SMILES string of the molecule is COc1ccc(C(=O)C2(C)CCCO2)c(Cl)c1. The van der Waals surface area contributed by atoms with E-state index in [9.17, 15) is 4.79 Å². The summed E-state index contributed by atoms with van der Waals surface area (Å²) >= 11 is 6.09. The summed E-state index contributed by atoms with van der Waals surface area (Å²) in [5, 5.41) is 0.408. The third-order valence-electron chi connectivity index (χ3n) is 3.12. The molecule has 0 radical (unpaired) electrons. The molecular formula is C13H15ClO3. The van der Waals surface area contributed by atoms with Crippen LogP contribution in [0.2, 0.25) is 5.02 Å². The molecule has 0 amide bonds. The van der Waals surface area contributed by atoms with Gasteiger partial charge < -0.3 is 9.47 Å². The quantitative estimate of drug-likeness (QED) is 0.778. The second-order valence-electron chi connectivity index (χ2n) is 4.36. The first kappa shape index (κ1) is 12.4. The van der Waals surface area contributed by atoms with E-state index in [0.717, 1.165) is 12.8 Å². The first-order valence-electron chi connectivity index (χ1n) is 5.59. The lowest BCUT2D eigenvalue weighted by atomic mass is 9.92. The normalized spacial score (nSPS) is 23.7. The number of hydrogen-bond acceptors (Lipinski definition) is 3. The monoisotopic (exact) mass is 254 g/mol. The smallest absolute Gasteiger partial charge is 0.195 e. The van der Waals surface area contributed by atoms with Crippen LogP contribution in [0, 0.1) is 0 Å². The molecule has 1 fully saturated rings. The molecule has 0 aliphatic carbocycles. The zero-order chi connectivity index (χ0) is 12.5. The van der Waals surface area contributed by atoms with Gasteiger partial charge in [0.05, 0.1) is 12.1 Å². The van der Waals surface area contributed by atoms with Crippen LogP contribution < -0.4 is 4.74 Å². The van der Waals surface area contributed by atoms with Crippen LogP contribution in [0.1, 0.15) is 30.1 Å². The van der Waals surface area contributed by atoms with Gasteiger partial charge in [-0.3, -0.25) is 4.79 Å². The number of halogens is 1. The van der Waals surface area contributed by atoms with Gasteiger partial charge in [-0.05, 0) is 38.0 Å². The maximum atomic E-state index is 12.3. The fourth-order valence-electron chi connectivity index (χ4n) is 2.05. The van der Waals surface area contributed by atoms with Gasteiger partial charge in [0, 0.05) is 12.2 Å². The summed E-state index contributed by atoms with van der Waals surface area (Å²) in [6.45, 7) is 2.46. The maximum absolute atomic E-state index is 12.3. The molecular weight excluding hydrogens is 240 g/mol. The third-order valence-corrected chi connectivity index (χ3v) is 3.43. The first-order valence-corrected chi connectivity index (χ1v) is 5.97. The molecule has 1 heterocycles. The van der Waals surface area contributed by atoms with Gasteiger partial charge in [0.1, 0.15) is 11.4 Å². The summed E-state index contributed by atoms with van der Waals surface area (Å²) in [6.07, 6.45) is 1.66. The van der Waals surface area contributed by atoms with E-state index in [0.29, 0.717) is 22.9 Å². The van der Waals surface area contributed by atoms with Crippen LogP contribution in [0.25, 0.3) is 0 Å². The summed E-state index contributed by atoms with van der Waals surface area (Å²) in [5.41, 5.74) is -0.227. The molecule has 0 N–H and O–H groups in total. The fraction of sp³-hybridized carbons (Fsp3) is 0.462. The Morgan fingerprint density at radius 1 is 1.53 bits per heavy atom. The van der Waals surface area contributed by atoms with Crippen molar-refractivity contribution < 1.29 is 14.3 Å². The molecule has 1 aromatic rings. The van der Waals surface area contributed by atoms with Crippen molar-refractivity contribution in [1.82, 2.24) is 0 Å². The highest BCUT2D eigenvalue weighted by atomic mass is 35.5. The van der Waals surface area contributed by atoms with Gasteiger partial charge in [-0.2, -0.15) is 0 Å². The highest BCUT2D eigenvalue weighted by molar-refractivity contribution is 6.34. The predicted octanol–water partition coefficient (Wildman–Crippen LogP) is 3.10. The predicted molar refractivity (Wildman–Crippen MR) is 65.9 cm³/mol. The fourth-order valence-corrected chi connectivity index (χ4v) is 2.31. The Bertz CT molecular complexity index is 436. The average Bonchev–Trinajstić information content (AvgIpc) is 2.76. The van der Waals surface area contributed by atoms with E-state index in [4.69, 9.17) is 21.1 Å². The molecule has 1 aliphatic rings. The van der Waals surface area contributed by atoms with Crippen molar-refractivity contribution in [3.8, 4) is 5.75 Å². The molecule has 92 valence electrons. The van der Waals surface area contributed by atoms with Crippen molar-refractivity contribution in [1.29, 1.82) is 0 Å². The van der Waals surface area contributed by atoms with Gasteiger partial charge in [0.2, 0.25) is 0 Å². The Hall–Kier alpha value is -1.06. The molecule has 0 spiro atoms. The number of benzene rings is 1. The highest BCUT2D eigenvalue weighted by Gasteiger charge is 2.38. The number of Topliss-reactive ketones (excluding diaryl/α,β-unsaturated/α-hetero) is 1. The summed E-state index contributed by atoms with van der Waals surface area (Å²) in [5.74, 6) is 0.590. The molecule has 0 aromatic heterocycles. The zero-order valence-corrected chi connectivity index (χ0v) is 10.7. The van der Waals surface area contributed by atoms with Gasteiger partial charge in [0.15, 0.2) is 5.78 Å². The molecule has 1 saturated heterocycles. The minimum absolute atomic E-state index is 0.0531. The Labute approximate surface area is 106 Å². The Kier molecular flexibility index (Phi) is 3.40. The summed E-state index contributed by atoms with van der Waals surface area (Å²) < 4.78 is 10.6. The molecule has 2 rings (SSSR count). The molecule has 1 unspecified atom stereocenters. The first-order chi connectivity index (χ1) is 8.07. The lowest BCUT2D eigenvalue weighted by molar-refractivity contribution is 0.0213.